The molecule has 2 aromatic carbocycles. The van der Waals surface area contributed by atoms with Gasteiger partial charge >= 0.3 is 0 Å². The number of aromatic nitrogens is 2. The Bertz CT molecular complexity index is 1050. The first-order valence-electron chi connectivity index (χ1n) is 9.25. The van der Waals surface area contributed by atoms with E-state index < -0.39 is 6.23 Å². The normalized spacial score (nSPS) is 11.8. The van der Waals surface area contributed by atoms with Crippen molar-refractivity contribution in [3.63, 3.8) is 0 Å². The van der Waals surface area contributed by atoms with Crippen molar-refractivity contribution in [1.29, 1.82) is 5.41 Å². The van der Waals surface area contributed by atoms with E-state index in [1.165, 1.54) is 10.7 Å². The summed E-state index contributed by atoms with van der Waals surface area (Å²) in [5.41, 5.74) is 7.85. The molecule has 3 aromatic rings. The van der Waals surface area contributed by atoms with E-state index in [1.807, 2.05) is 0 Å². The fourth-order valence-electron chi connectivity index (χ4n) is 2.83. The summed E-state index contributed by atoms with van der Waals surface area (Å²) in [4.78, 5) is 12.7. The highest BCUT2D eigenvalue weighted by atomic mass is 35.5. The van der Waals surface area contributed by atoms with Crippen LogP contribution in [0.15, 0.2) is 54.7 Å². The Balaban J connectivity index is 1.73. The van der Waals surface area contributed by atoms with Crippen molar-refractivity contribution < 1.29 is 14.6 Å². The topological polar surface area (TPSA) is 126 Å². The molecule has 0 aliphatic rings. The van der Waals surface area contributed by atoms with Gasteiger partial charge in [0.25, 0.3) is 5.91 Å². The Morgan fingerprint density at radius 1 is 1.30 bits per heavy atom. The average Bonchev–Trinajstić information content (AvgIpc) is 3.21. The van der Waals surface area contributed by atoms with Gasteiger partial charge in [0, 0.05) is 35.5 Å². The zero-order chi connectivity index (χ0) is 21.7. The van der Waals surface area contributed by atoms with Gasteiger partial charge in [0.1, 0.15) is 11.6 Å². The van der Waals surface area contributed by atoms with Crippen molar-refractivity contribution in [1.82, 2.24) is 15.1 Å². The number of amidine groups is 1. The van der Waals surface area contributed by atoms with Crippen LogP contribution in [-0.2, 0) is 16.1 Å². The minimum Gasteiger partial charge on any atom is -0.507 e. The number of phenolic OH excluding ortho intramolecular Hbond substituents is 1. The molecule has 0 spiro atoms. The van der Waals surface area contributed by atoms with Crippen LogP contribution in [0.2, 0.25) is 5.02 Å². The van der Waals surface area contributed by atoms with Gasteiger partial charge in [0.15, 0.2) is 0 Å². The number of nitrogen functional groups attached to an aromatic ring is 1. The van der Waals surface area contributed by atoms with Gasteiger partial charge in [-0.15, -0.1) is 0 Å². The number of hydrogen-bond acceptors (Lipinski definition) is 5. The number of nitrogens with one attached hydrogen (secondary N) is 2. The van der Waals surface area contributed by atoms with Crippen LogP contribution in [0.5, 0.6) is 5.75 Å². The smallest absolute Gasteiger partial charge is 0.272 e. The second kappa shape index (κ2) is 9.43. The van der Waals surface area contributed by atoms with Crippen LogP contribution in [0.25, 0.3) is 11.3 Å². The Morgan fingerprint density at radius 3 is 2.70 bits per heavy atom. The number of nitrogens with zero attached hydrogens (tertiary/aromatic N) is 2. The number of halogens is 1. The molecule has 0 saturated heterocycles. The van der Waals surface area contributed by atoms with E-state index in [0.29, 0.717) is 28.5 Å². The molecule has 0 saturated carbocycles. The van der Waals surface area contributed by atoms with E-state index in [9.17, 15) is 9.90 Å². The van der Waals surface area contributed by atoms with Crippen LogP contribution in [0, 0.1) is 5.41 Å². The molecular weight excluding hydrogens is 406 g/mol. The van der Waals surface area contributed by atoms with Crippen molar-refractivity contribution in [3.05, 3.63) is 70.9 Å². The highest BCUT2D eigenvalue weighted by Gasteiger charge is 2.22. The molecule has 1 atom stereocenters. The highest BCUT2D eigenvalue weighted by molar-refractivity contribution is 6.30. The molecule has 8 nitrogen and oxygen atoms in total. The van der Waals surface area contributed by atoms with Gasteiger partial charge in [-0.2, -0.15) is 5.10 Å². The fourth-order valence-corrected chi connectivity index (χ4v) is 3.01. The van der Waals surface area contributed by atoms with E-state index in [1.54, 1.807) is 55.6 Å². The lowest BCUT2D eigenvalue weighted by Gasteiger charge is -2.17. The molecule has 0 bridgehead atoms. The molecule has 0 aliphatic carbocycles. The summed E-state index contributed by atoms with van der Waals surface area (Å²) in [5.74, 6) is -0.337. The third-order valence-corrected chi connectivity index (χ3v) is 4.60. The Kier molecular flexibility index (Phi) is 6.71. The van der Waals surface area contributed by atoms with Crippen molar-refractivity contribution in [3.8, 4) is 17.0 Å². The van der Waals surface area contributed by atoms with E-state index in [-0.39, 0.29) is 24.0 Å². The number of ether oxygens (including phenoxy) is 1. The third-order valence-electron chi connectivity index (χ3n) is 4.36. The van der Waals surface area contributed by atoms with Crippen molar-refractivity contribution in [2.45, 2.75) is 19.7 Å². The first-order valence-corrected chi connectivity index (χ1v) is 9.63. The van der Waals surface area contributed by atoms with Gasteiger partial charge in [0.2, 0.25) is 6.23 Å². The molecule has 9 heteroatoms. The molecule has 30 heavy (non-hydrogen) atoms. The predicted molar refractivity (Wildman–Crippen MR) is 114 cm³/mol. The average molecular weight is 428 g/mol. The number of aromatic hydroxyl groups is 1. The third kappa shape index (κ3) is 4.97. The van der Waals surface area contributed by atoms with E-state index in [0.717, 1.165) is 5.56 Å². The SMILES string of the molecule is CCO[C@@H](C(=O)NCc1ccc(C(=N)N)cc1)n1ccc(-c2cc(Cl)ccc2O)n1. The highest BCUT2D eigenvalue weighted by Crippen LogP contribution is 2.30. The molecule has 0 aliphatic heterocycles. The maximum absolute atomic E-state index is 12.7. The van der Waals surface area contributed by atoms with Crippen LogP contribution in [0.4, 0.5) is 0 Å². The minimum absolute atomic E-state index is 0.0118. The summed E-state index contributed by atoms with van der Waals surface area (Å²) in [5, 5.41) is 25.2. The molecular formula is C21H22ClN5O3. The first kappa shape index (κ1) is 21.4. The van der Waals surface area contributed by atoms with Gasteiger partial charge in [-0.05, 0) is 36.8 Å². The van der Waals surface area contributed by atoms with Gasteiger partial charge in [-0.25, -0.2) is 4.68 Å². The molecule has 0 fully saturated rings. The first-order chi connectivity index (χ1) is 14.4. The zero-order valence-electron chi connectivity index (χ0n) is 16.3. The van der Waals surface area contributed by atoms with Gasteiger partial charge in [0.05, 0.1) is 5.69 Å². The Labute approximate surface area is 178 Å². The number of benzene rings is 2. The molecule has 0 radical (unpaired) electrons. The molecule has 1 heterocycles. The molecule has 1 aromatic heterocycles. The summed E-state index contributed by atoms with van der Waals surface area (Å²) in [7, 11) is 0. The summed E-state index contributed by atoms with van der Waals surface area (Å²) < 4.78 is 6.98. The number of rotatable bonds is 8. The maximum atomic E-state index is 12.7. The van der Waals surface area contributed by atoms with Crippen molar-refractivity contribution >= 4 is 23.3 Å². The lowest BCUT2D eigenvalue weighted by Crippen LogP contribution is -2.34. The standard InChI is InChI=1S/C21H22ClN5O3/c1-2-30-21(20(29)25-12-13-3-5-14(6-4-13)19(23)24)27-10-9-17(26-27)16-11-15(22)7-8-18(16)28/h3-11,21,28H,2,12H2,1H3,(H3,23,24)(H,25,29)/t21-/m0/s1. The van der Waals surface area contributed by atoms with Crippen LogP contribution < -0.4 is 11.1 Å². The summed E-state index contributed by atoms with van der Waals surface area (Å²) in [6.07, 6.45) is 0.638. The number of phenols is 1. The fraction of sp³-hybridized carbons (Fsp3) is 0.190. The zero-order valence-corrected chi connectivity index (χ0v) is 17.1. The van der Waals surface area contributed by atoms with E-state index in [2.05, 4.69) is 10.4 Å². The van der Waals surface area contributed by atoms with Crippen molar-refractivity contribution in [2.24, 2.45) is 5.73 Å². The monoisotopic (exact) mass is 427 g/mol. The van der Waals surface area contributed by atoms with Gasteiger partial charge in [-0.1, -0.05) is 35.9 Å². The Morgan fingerprint density at radius 2 is 2.03 bits per heavy atom. The van der Waals surface area contributed by atoms with E-state index >= 15 is 0 Å². The molecule has 0 unspecified atom stereocenters. The van der Waals surface area contributed by atoms with Crippen molar-refractivity contribution in [2.75, 3.05) is 6.61 Å². The predicted octanol–water partition coefficient (Wildman–Crippen LogP) is 3.04. The van der Waals surface area contributed by atoms with Crippen LogP contribution >= 0.6 is 11.6 Å². The summed E-state index contributed by atoms with van der Waals surface area (Å²) in [6, 6.07) is 13.4. The van der Waals surface area contributed by atoms with Crippen LogP contribution in [0.1, 0.15) is 24.3 Å². The quantitative estimate of drug-likeness (QED) is 0.324. The minimum atomic E-state index is -0.971. The molecule has 1 amide bonds. The Hall–Kier alpha value is -3.36. The number of amides is 1. The lowest BCUT2D eigenvalue weighted by molar-refractivity contribution is -0.139. The number of nitrogens with two attached hydrogens (primary N) is 1. The van der Waals surface area contributed by atoms with Crippen LogP contribution in [-0.4, -0.2) is 33.2 Å². The number of carbonyl (C=O) groups is 1. The summed E-state index contributed by atoms with van der Waals surface area (Å²) >= 11 is 6.01. The second-order valence-corrected chi connectivity index (χ2v) is 6.92. The second-order valence-electron chi connectivity index (χ2n) is 6.48. The molecule has 3 rings (SSSR count). The molecule has 156 valence electrons. The maximum Gasteiger partial charge on any atom is 0.272 e. The lowest BCUT2D eigenvalue weighted by atomic mass is 10.1. The largest absolute Gasteiger partial charge is 0.507 e. The van der Waals surface area contributed by atoms with Gasteiger partial charge < -0.3 is 20.9 Å². The number of carbonyl (C=O) groups excluding carboxylic acids is 1. The molecule has 5 N–H and O–H groups in total. The van der Waals surface area contributed by atoms with Crippen LogP contribution in [0.3, 0.4) is 0 Å². The van der Waals surface area contributed by atoms with E-state index in [4.69, 9.17) is 27.5 Å². The summed E-state index contributed by atoms with van der Waals surface area (Å²) in [6.45, 7) is 2.38. The van der Waals surface area contributed by atoms with Gasteiger partial charge in [-0.3, -0.25) is 10.2 Å². The number of hydrogen-bond donors (Lipinski definition) is 4.